The van der Waals surface area contributed by atoms with Crippen LogP contribution in [0, 0.1) is 6.92 Å². The van der Waals surface area contributed by atoms with Crippen LogP contribution in [-0.2, 0) is 13.0 Å². The van der Waals surface area contributed by atoms with Gasteiger partial charge >= 0.3 is 6.03 Å². The molecule has 1 aliphatic rings. The van der Waals surface area contributed by atoms with Crippen LogP contribution in [0.2, 0.25) is 0 Å². The van der Waals surface area contributed by atoms with Crippen molar-refractivity contribution in [2.75, 3.05) is 26.2 Å². The fourth-order valence-electron chi connectivity index (χ4n) is 4.21. The van der Waals surface area contributed by atoms with E-state index < -0.39 is 0 Å². The van der Waals surface area contributed by atoms with Crippen molar-refractivity contribution >= 4 is 11.6 Å². The van der Waals surface area contributed by atoms with Crippen LogP contribution in [-0.4, -0.2) is 42.0 Å². The van der Waals surface area contributed by atoms with Crippen molar-refractivity contribution in [3.8, 4) is 5.75 Å². The Bertz CT molecular complexity index is 1090. The highest BCUT2D eigenvalue weighted by Crippen LogP contribution is 2.22. The van der Waals surface area contributed by atoms with Crippen LogP contribution in [0.1, 0.15) is 29.2 Å². The summed E-state index contributed by atoms with van der Waals surface area (Å²) in [4.78, 5) is 16.9. The second-order valence-corrected chi connectivity index (χ2v) is 8.49. The van der Waals surface area contributed by atoms with Crippen molar-refractivity contribution in [3.63, 3.8) is 0 Å². The molecule has 1 saturated heterocycles. The molecule has 3 aromatic carbocycles. The van der Waals surface area contributed by atoms with Gasteiger partial charge in [-0.2, -0.15) is 0 Å². The molecule has 3 aromatic rings. The number of urea groups is 1. The number of allylic oxidation sites excluding steroid dienone is 1. The molecule has 0 saturated carbocycles. The minimum atomic E-state index is 0.130. The average Bonchev–Trinajstić information content (AvgIpc) is 3.20. The Labute approximate surface area is 197 Å². The Morgan fingerprint density at radius 1 is 0.879 bits per heavy atom. The maximum atomic E-state index is 13.0. The zero-order valence-electron chi connectivity index (χ0n) is 19.5. The number of hydrogen-bond donors (Lipinski definition) is 0. The van der Waals surface area contributed by atoms with Crippen molar-refractivity contribution in [1.29, 1.82) is 0 Å². The molecule has 0 spiro atoms. The third-order valence-electron chi connectivity index (χ3n) is 6.22. The zero-order chi connectivity index (χ0) is 23.0. The lowest BCUT2D eigenvalue weighted by Gasteiger charge is -2.21. The largest absolute Gasteiger partial charge is 0.489 e. The summed E-state index contributed by atoms with van der Waals surface area (Å²) in [7, 11) is 0. The quantitative estimate of drug-likeness (QED) is 0.411. The summed E-state index contributed by atoms with van der Waals surface area (Å²) >= 11 is 0. The summed E-state index contributed by atoms with van der Waals surface area (Å²) in [6, 6.07) is 26.9. The average molecular weight is 441 g/mol. The molecule has 0 aromatic heterocycles. The van der Waals surface area contributed by atoms with Gasteiger partial charge in [-0.15, -0.1) is 0 Å². The summed E-state index contributed by atoms with van der Waals surface area (Å²) in [6.07, 6.45) is 2.96. The molecule has 0 unspecified atom stereocenters. The van der Waals surface area contributed by atoms with Gasteiger partial charge in [0.15, 0.2) is 0 Å². The van der Waals surface area contributed by atoms with Crippen molar-refractivity contribution < 1.29 is 9.53 Å². The fourth-order valence-corrected chi connectivity index (χ4v) is 4.21. The summed E-state index contributed by atoms with van der Waals surface area (Å²) in [5.41, 5.74) is 6.03. The van der Waals surface area contributed by atoms with Crippen molar-refractivity contribution in [3.05, 3.63) is 107 Å². The van der Waals surface area contributed by atoms with Gasteiger partial charge in [-0.1, -0.05) is 72.8 Å². The van der Waals surface area contributed by atoms with E-state index in [1.54, 1.807) is 0 Å². The molecule has 1 fully saturated rings. The molecule has 0 atom stereocenters. The minimum Gasteiger partial charge on any atom is -0.489 e. The van der Waals surface area contributed by atoms with Gasteiger partial charge in [-0.3, -0.25) is 0 Å². The third-order valence-corrected chi connectivity index (χ3v) is 6.22. The monoisotopic (exact) mass is 440 g/mol. The number of benzene rings is 3. The number of nitrogens with zero attached hydrogens (tertiary/aromatic N) is 2. The van der Waals surface area contributed by atoms with Gasteiger partial charge in [0.2, 0.25) is 0 Å². The van der Waals surface area contributed by atoms with E-state index in [0.717, 1.165) is 37.4 Å². The highest BCUT2D eigenvalue weighted by atomic mass is 16.5. The van der Waals surface area contributed by atoms with Crippen LogP contribution in [0.4, 0.5) is 4.79 Å². The first-order valence-electron chi connectivity index (χ1n) is 11.6. The molecule has 0 radical (unpaired) electrons. The molecule has 0 bridgehead atoms. The van der Waals surface area contributed by atoms with Crippen LogP contribution >= 0.6 is 0 Å². The van der Waals surface area contributed by atoms with E-state index in [1.165, 1.54) is 22.3 Å². The predicted molar refractivity (Wildman–Crippen MR) is 134 cm³/mol. The van der Waals surface area contributed by atoms with E-state index in [2.05, 4.69) is 61.5 Å². The lowest BCUT2D eigenvalue weighted by Crippen LogP contribution is -2.34. The number of hydrogen-bond acceptors (Lipinski definition) is 2. The molecule has 0 aliphatic carbocycles. The molecule has 0 N–H and O–H groups in total. The second kappa shape index (κ2) is 10.9. The van der Waals surface area contributed by atoms with E-state index in [9.17, 15) is 4.79 Å². The summed E-state index contributed by atoms with van der Waals surface area (Å²) in [5, 5.41) is 0. The fraction of sp³-hybridized carbons (Fsp3) is 0.276. The molecule has 4 nitrogen and oxygen atoms in total. The number of carbonyl (C=O) groups excluding carboxylic acids is 1. The van der Waals surface area contributed by atoms with Gasteiger partial charge in [0, 0.05) is 26.2 Å². The Kier molecular flexibility index (Phi) is 7.46. The van der Waals surface area contributed by atoms with Gasteiger partial charge in [-0.25, -0.2) is 4.79 Å². The Morgan fingerprint density at radius 2 is 1.58 bits per heavy atom. The first-order chi connectivity index (χ1) is 16.1. The molecule has 33 heavy (non-hydrogen) atoms. The Morgan fingerprint density at radius 3 is 2.30 bits per heavy atom. The number of ether oxygens (including phenoxy) is 1. The smallest absolute Gasteiger partial charge is 0.320 e. The van der Waals surface area contributed by atoms with Crippen LogP contribution in [0.15, 0.2) is 84.9 Å². The number of aryl methyl sites for hydroxylation is 1. The number of carbonyl (C=O) groups is 1. The lowest BCUT2D eigenvalue weighted by molar-refractivity contribution is 0.196. The van der Waals surface area contributed by atoms with Gasteiger partial charge in [0.1, 0.15) is 12.4 Å². The van der Waals surface area contributed by atoms with Crippen LogP contribution in [0.5, 0.6) is 5.75 Å². The van der Waals surface area contributed by atoms with Gasteiger partial charge < -0.3 is 14.5 Å². The third kappa shape index (κ3) is 5.83. The topological polar surface area (TPSA) is 32.8 Å². The van der Waals surface area contributed by atoms with Crippen molar-refractivity contribution in [2.24, 2.45) is 0 Å². The van der Waals surface area contributed by atoms with Gasteiger partial charge in [0.05, 0.1) is 0 Å². The summed E-state index contributed by atoms with van der Waals surface area (Å²) in [6.45, 7) is 7.67. The molecule has 1 aliphatic heterocycles. The highest BCUT2D eigenvalue weighted by Gasteiger charge is 2.28. The SMILES string of the molecule is C/C=C(/CN1CCN(CCc2ccc(OCc3ccccc3)cc2)C1=O)c1ccccc1C. The normalized spacial score (nSPS) is 14.1. The predicted octanol–water partition coefficient (Wildman–Crippen LogP) is 5.96. The molecule has 4 rings (SSSR count). The van der Waals surface area contributed by atoms with Crippen LogP contribution in [0.3, 0.4) is 0 Å². The second-order valence-electron chi connectivity index (χ2n) is 8.49. The summed E-state index contributed by atoms with van der Waals surface area (Å²) < 4.78 is 5.87. The zero-order valence-corrected chi connectivity index (χ0v) is 19.5. The summed E-state index contributed by atoms with van der Waals surface area (Å²) in [5.74, 6) is 0.862. The van der Waals surface area contributed by atoms with Crippen molar-refractivity contribution in [2.45, 2.75) is 26.9 Å². The maximum Gasteiger partial charge on any atom is 0.320 e. The van der Waals surface area contributed by atoms with E-state index in [1.807, 2.05) is 47.1 Å². The number of amides is 2. The van der Waals surface area contributed by atoms with E-state index >= 15 is 0 Å². The molecule has 1 heterocycles. The van der Waals surface area contributed by atoms with Crippen molar-refractivity contribution in [1.82, 2.24) is 9.80 Å². The van der Waals surface area contributed by atoms with E-state index in [4.69, 9.17) is 4.74 Å². The first-order valence-corrected chi connectivity index (χ1v) is 11.6. The first kappa shape index (κ1) is 22.7. The van der Waals surface area contributed by atoms with Crippen LogP contribution in [0.25, 0.3) is 5.57 Å². The van der Waals surface area contributed by atoms with E-state index in [0.29, 0.717) is 13.2 Å². The molecule has 2 amide bonds. The molecular weight excluding hydrogens is 408 g/mol. The highest BCUT2D eigenvalue weighted by molar-refractivity contribution is 5.80. The lowest BCUT2D eigenvalue weighted by atomic mass is 10.00. The molecular formula is C29H32N2O2. The standard InChI is InChI=1S/C29H32N2O2/c1-3-26(28-12-8-7-9-23(28)2)21-31-20-19-30(29(31)32)18-17-24-13-15-27(16-14-24)33-22-25-10-5-4-6-11-25/h3-16H,17-22H2,1-2H3/b26-3-. The Balaban J connectivity index is 1.27. The van der Waals surface area contributed by atoms with Gasteiger partial charge in [-0.05, 0) is 60.2 Å². The number of rotatable bonds is 9. The van der Waals surface area contributed by atoms with Gasteiger partial charge in [0.25, 0.3) is 0 Å². The van der Waals surface area contributed by atoms with E-state index in [-0.39, 0.29) is 6.03 Å². The Hall–Kier alpha value is -3.53. The maximum absolute atomic E-state index is 13.0. The minimum absolute atomic E-state index is 0.130. The molecule has 170 valence electrons. The molecule has 4 heteroatoms. The van der Waals surface area contributed by atoms with Crippen LogP contribution < -0.4 is 4.74 Å².